The fourth-order valence-electron chi connectivity index (χ4n) is 4.22. The first-order valence-electron chi connectivity index (χ1n) is 12.4. The monoisotopic (exact) mass is 504 g/mol. The van der Waals surface area contributed by atoms with Gasteiger partial charge in [-0.15, -0.1) is 0 Å². The minimum atomic E-state index is -0.191. The number of H-pyrrole nitrogens is 1. The molecule has 0 aliphatic heterocycles. The van der Waals surface area contributed by atoms with Gasteiger partial charge in [-0.1, -0.05) is 50.7 Å². The Labute approximate surface area is 214 Å². The Morgan fingerprint density at radius 2 is 1.92 bits per heavy atom. The maximum atomic E-state index is 13.4. The van der Waals surface area contributed by atoms with Crippen molar-refractivity contribution < 1.29 is 9.59 Å². The van der Waals surface area contributed by atoms with Crippen LogP contribution in [0.2, 0.25) is 0 Å². The first-order valence-corrected chi connectivity index (χ1v) is 13.3. The van der Waals surface area contributed by atoms with Crippen LogP contribution >= 0.6 is 11.8 Å². The number of nitrogens with zero attached hydrogens (tertiary/aromatic N) is 2. The number of Topliss-reactive ketones (excluding diaryl/α,β-unsaturated/α-hetero) is 1. The molecule has 0 fully saturated rings. The normalized spacial score (nSPS) is 11.5. The number of carbonyl (C=O) groups is 2. The highest BCUT2D eigenvalue weighted by Crippen LogP contribution is 2.26. The van der Waals surface area contributed by atoms with E-state index in [-0.39, 0.29) is 23.0 Å². The van der Waals surface area contributed by atoms with Gasteiger partial charge in [0.15, 0.2) is 10.9 Å². The number of benzene rings is 2. The third-order valence-electron chi connectivity index (χ3n) is 6.15. The summed E-state index contributed by atoms with van der Waals surface area (Å²) in [4.78, 5) is 47.2. The van der Waals surface area contributed by atoms with Crippen molar-refractivity contribution in [1.82, 2.24) is 19.9 Å². The highest BCUT2D eigenvalue weighted by molar-refractivity contribution is 7.99. The number of aryl methyl sites for hydroxylation is 1. The summed E-state index contributed by atoms with van der Waals surface area (Å²) >= 11 is 1.27. The summed E-state index contributed by atoms with van der Waals surface area (Å²) in [5, 5.41) is 4.71. The van der Waals surface area contributed by atoms with Crippen LogP contribution in [0.4, 0.5) is 0 Å². The second-order valence-electron chi connectivity index (χ2n) is 9.40. The molecule has 2 aromatic carbocycles. The maximum Gasteiger partial charge on any atom is 0.262 e. The zero-order valence-corrected chi connectivity index (χ0v) is 22.0. The average Bonchev–Trinajstić information content (AvgIpc) is 3.20. The molecule has 0 bridgehead atoms. The molecule has 4 aromatic rings. The van der Waals surface area contributed by atoms with E-state index in [0.29, 0.717) is 46.2 Å². The lowest BCUT2D eigenvalue weighted by Crippen LogP contribution is -2.26. The molecule has 2 N–H and O–H groups in total. The van der Waals surface area contributed by atoms with Crippen LogP contribution in [0.15, 0.2) is 52.4 Å². The lowest BCUT2D eigenvalue weighted by Gasteiger charge is -2.14. The summed E-state index contributed by atoms with van der Waals surface area (Å²) in [6.07, 6.45) is 1.65. The lowest BCUT2D eigenvalue weighted by molar-refractivity contribution is 0.0952. The minimum Gasteiger partial charge on any atom is -0.358 e. The van der Waals surface area contributed by atoms with E-state index in [9.17, 15) is 14.4 Å². The highest BCUT2D eigenvalue weighted by Gasteiger charge is 2.19. The Morgan fingerprint density at radius 3 is 2.67 bits per heavy atom. The van der Waals surface area contributed by atoms with Crippen LogP contribution in [0.1, 0.15) is 60.0 Å². The van der Waals surface area contributed by atoms with Gasteiger partial charge in [0.05, 0.1) is 16.7 Å². The molecule has 4 rings (SSSR count). The van der Waals surface area contributed by atoms with Gasteiger partial charge in [0.2, 0.25) is 0 Å². The summed E-state index contributed by atoms with van der Waals surface area (Å²) in [5.41, 5.74) is 3.19. The highest BCUT2D eigenvalue weighted by atomic mass is 32.2. The smallest absolute Gasteiger partial charge is 0.262 e. The minimum absolute atomic E-state index is 0.0209. The van der Waals surface area contributed by atoms with Gasteiger partial charge >= 0.3 is 0 Å². The predicted molar refractivity (Wildman–Crippen MR) is 146 cm³/mol. The standard InChI is InChI=1S/C28H32N4O3S/c1-5-13-29-26(34)19-10-11-21-23(15-19)31-28(32(27(21)35)14-12-17(2)3)36-16-24(33)25-18(4)30-22-9-7-6-8-20(22)25/h6-11,15,17,30H,5,12-14,16H2,1-4H3,(H,29,34). The van der Waals surface area contributed by atoms with Gasteiger partial charge < -0.3 is 10.3 Å². The number of rotatable bonds is 10. The van der Waals surface area contributed by atoms with E-state index in [1.807, 2.05) is 38.1 Å². The molecule has 36 heavy (non-hydrogen) atoms. The topological polar surface area (TPSA) is 96.9 Å². The molecule has 7 nitrogen and oxygen atoms in total. The molecular formula is C28H32N4O3S. The lowest BCUT2D eigenvalue weighted by atomic mass is 10.1. The maximum absolute atomic E-state index is 13.4. The van der Waals surface area contributed by atoms with Gasteiger partial charge in [0.25, 0.3) is 11.5 Å². The third kappa shape index (κ3) is 5.38. The van der Waals surface area contributed by atoms with Crippen molar-refractivity contribution in [3.63, 3.8) is 0 Å². The zero-order valence-electron chi connectivity index (χ0n) is 21.2. The van der Waals surface area contributed by atoms with Gasteiger partial charge in [-0.25, -0.2) is 4.98 Å². The van der Waals surface area contributed by atoms with Crippen LogP contribution in [-0.4, -0.2) is 38.5 Å². The Balaban J connectivity index is 1.69. The summed E-state index contributed by atoms with van der Waals surface area (Å²) < 4.78 is 1.67. The van der Waals surface area contributed by atoms with Crippen molar-refractivity contribution in [2.24, 2.45) is 5.92 Å². The Kier molecular flexibility index (Phi) is 7.94. The number of carbonyl (C=O) groups excluding carboxylic acids is 2. The van der Waals surface area contributed by atoms with Gasteiger partial charge in [-0.05, 0) is 49.9 Å². The second-order valence-corrected chi connectivity index (χ2v) is 10.3. The number of ketones is 1. The van der Waals surface area contributed by atoms with Gasteiger partial charge in [0, 0.05) is 40.8 Å². The first-order chi connectivity index (χ1) is 17.3. The number of hydrogen-bond donors (Lipinski definition) is 2. The SMILES string of the molecule is CCCNC(=O)c1ccc2c(=O)n(CCC(C)C)c(SCC(=O)c3c(C)[nH]c4ccccc34)nc2c1. The van der Waals surface area contributed by atoms with Crippen LogP contribution in [0.25, 0.3) is 21.8 Å². The van der Waals surface area contributed by atoms with Gasteiger partial charge in [-0.2, -0.15) is 0 Å². The molecule has 2 aromatic heterocycles. The zero-order chi connectivity index (χ0) is 25.8. The molecule has 0 aliphatic rings. The Bertz CT molecular complexity index is 1490. The van der Waals surface area contributed by atoms with E-state index in [1.54, 1.807) is 22.8 Å². The van der Waals surface area contributed by atoms with Crippen LogP contribution in [0, 0.1) is 12.8 Å². The van der Waals surface area contributed by atoms with Gasteiger partial charge in [0.1, 0.15) is 0 Å². The van der Waals surface area contributed by atoms with Crippen LogP contribution < -0.4 is 10.9 Å². The number of para-hydroxylation sites is 1. The molecule has 0 saturated heterocycles. The van der Waals surface area contributed by atoms with Crippen molar-refractivity contribution in [1.29, 1.82) is 0 Å². The van der Waals surface area contributed by atoms with E-state index in [1.165, 1.54) is 11.8 Å². The molecule has 1 amide bonds. The van der Waals surface area contributed by atoms with E-state index in [0.717, 1.165) is 29.4 Å². The molecule has 0 radical (unpaired) electrons. The number of aromatic nitrogens is 3. The van der Waals surface area contributed by atoms with Gasteiger partial charge in [-0.3, -0.25) is 19.0 Å². The fourth-order valence-corrected chi connectivity index (χ4v) is 5.11. The number of amides is 1. The van der Waals surface area contributed by atoms with Crippen molar-refractivity contribution >= 4 is 45.3 Å². The molecule has 0 aliphatic carbocycles. The number of fused-ring (bicyclic) bond motifs is 2. The summed E-state index contributed by atoms with van der Waals surface area (Å²) in [6.45, 7) is 9.20. The Hall–Kier alpha value is -3.39. The van der Waals surface area contributed by atoms with E-state index in [2.05, 4.69) is 24.1 Å². The van der Waals surface area contributed by atoms with Crippen molar-refractivity contribution in [2.75, 3.05) is 12.3 Å². The van der Waals surface area contributed by atoms with E-state index >= 15 is 0 Å². The van der Waals surface area contributed by atoms with Crippen LogP contribution in [0.5, 0.6) is 0 Å². The molecule has 0 unspecified atom stereocenters. The predicted octanol–water partition coefficient (Wildman–Crippen LogP) is 5.35. The second kappa shape index (κ2) is 11.1. The summed E-state index contributed by atoms with van der Waals surface area (Å²) in [6, 6.07) is 12.7. The van der Waals surface area contributed by atoms with Crippen LogP contribution in [0.3, 0.4) is 0 Å². The van der Waals surface area contributed by atoms with Crippen molar-refractivity contribution in [2.45, 2.75) is 52.2 Å². The van der Waals surface area contributed by atoms with Crippen LogP contribution in [-0.2, 0) is 6.54 Å². The number of aromatic amines is 1. The fraction of sp³-hybridized carbons (Fsp3) is 0.357. The molecule has 2 heterocycles. The average molecular weight is 505 g/mol. The number of hydrogen-bond acceptors (Lipinski definition) is 5. The van der Waals surface area contributed by atoms with Crippen molar-refractivity contribution in [3.05, 3.63) is 69.6 Å². The molecule has 0 saturated carbocycles. The molecule has 8 heteroatoms. The molecule has 188 valence electrons. The van der Waals surface area contributed by atoms with E-state index in [4.69, 9.17) is 4.98 Å². The summed E-state index contributed by atoms with van der Waals surface area (Å²) in [5.74, 6) is 0.348. The number of thioether (sulfide) groups is 1. The molecule has 0 atom stereocenters. The van der Waals surface area contributed by atoms with E-state index < -0.39 is 0 Å². The molecular weight excluding hydrogens is 472 g/mol. The molecule has 0 spiro atoms. The Morgan fingerprint density at radius 1 is 1.14 bits per heavy atom. The third-order valence-corrected chi connectivity index (χ3v) is 7.13. The number of nitrogens with one attached hydrogen (secondary N) is 2. The first kappa shape index (κ1) is 25.7. The summed E-state index contributed by atoms with van der Waals surface area (Å²) in [7, 11) is 0. The quantitative estimate of drug-likeness (QED) is 0.172. The largest absolute Gasteiger partial charge is 0.358 e. The van der Waals surface area contributed by atoms with Crippen molar-refractivity contribution in [3.8, 4) is 0 Å².